The van der Waals surface area contributed by atoms with E-state index in [-0.39, 0.29) is 4.90 Å². The molecule has 0 fully saturated rings. The number of hydrogen-bond acceptors (Lipinski definition) is 4. The predicted molar refractivity (Wildman–Crippen MR) is 86.3 cm³/mol. The average molecular weight is 352 g/mol. The number of halogens is 1. The molecule has 8 heteroatoms. The van der Waals surface area contributed by atoms with Crippen molar-refractivity contribution in [2.75, 3.05) is 6.61 Å². The molecule has 0 aliphatic heterocycles. The maximum Gasteiger partial charge on any atom is 0.272 e. The van der Waals surface area contributed by atoms with Crippen LogP contribution < -0.4 is 15.0 Å². The number of benzene rings is 2. The summed E-state index contributed by atoms with van der Waals surface area (Å²) >= 11 is 0. The van der Waals surface area contributed by atoms with Gasteiger partial charge in [0, 0.05) is 0 Å². The smallest absolute Gasteiger partial charge is 0.272 e. The van der Waals surface area contributed by atoms with E-state index in [0.717, 1.165) is 5.56 Å². The van der Waals surface area contributed by atoms with Crippen LogP contribution in [0.3, 0.4) is 0 Å². The van der Waals surface area contributed by atoms with Gasteiger partial charge < -0.3 is 4.74 Å². The molecule has 0 bridgehead atoms. The molecule has 0 spiro atoms. The quantitative estimate of drug-likeness (QED) is 0.777. The summed E-state index contributed by atoms with van der Waals surface area (Å²) < 4.78 is 42.3. The van der Waals surface area contributed by atoms with Gasteiger partial charge in [0.1, 0.15) is 11.6 Å². The van der Waals surface area contributed by atoms with Crippen molar-refractivity contribution in [3.8, 4) is 5.75 Å². The van der Waals surface area contributed by atoms with Crippen LogP contribution in [0.15, 0.2) is 47.4 Å². The van der Waals surface area contributed by atoms with E-state index >= 15 is 0 Å². The third kappa shape index (κ3) is 4.77. The first-order chi connectivity index (χ1) is 11.3. The zero-order chi connectivity index (χ0) is 17.7. The molecule has 0 heterocycles. The number of carbonyl (C=O) groups is 1. The second-order valence-corrected chi connectivity index (χ2v) is 6.82. The molecule has 24 heavy (non-hydrogen) atoms. The number of amides is 1. The molecule has 0 radical (unpaired) electrons. The minimum absolute atomic E-state index is 0.0854. The number of rotatable bonds is 6. The van der Waals surface area contributed by atoms with Gasteiger partial charge in [-0.1, -0.05) is 12.1 Å². The van der Waals surface area contributed by atoms with E-state index in [9.17, 15) is 17.6 Å². The number of carbonyl (C=O) groups excluding carboxylic acids is 1. The van der Waals surface area contributed by atoms with Crippen LogP contribution in [0.5, 0.6) is 5.75 Å². The van der Waals surface area contributed by atoms with Gasteiger partial charge in [-0.2, -0.15) is 0 Å². The van der Waals surface area contributed by atoms with E-state index in [2.05, 4.69) is 5.43 Å². The molecule has 0 aliphatic rings. The van der Waals surface area contributed by atoms with Crippen LogP contribution in [0.1, 0.15) is 11.1 Å². The fourth-order valence-electron chi connectivity index (χ4n) is 1.89. The Hall–Kier alpha value is -2.45. The molecule has 0 aliphatic carbocycles. The maximum absolute atomic E-state index is 12.7. The van der Waals surface area contributed by atoms with E-state index < -0.39 is 28.4 Å². The molecule has 2 rings (SSSR count). The van der Waals surface area contributed by atoms with E-state index in [1.54, 1.807) is 26.0 Å². The van der Waals surface area contributed by atoms with Crippen LogP contribution in [0.25, 0.3) is 0 Å². The summed E-state index contributed by atoms with van der Waals surface area (Å²) in [5, 5.41) is 0. The number of hydrogen-bond donors (Lipinski definition) is 2. The van der Waals surface area contributed by atoms with E-state index in [4.69, 9.17) is 4.74 Å². The van der Waals surface area contributed by atoms with Gasteiger partial charge in [-0.25, -0.2) is 12.8 Å². The lowest BCUT2D eigenvalue weighted by molar-refractivity contribution is -0.123. The standard InChI is InChI=1S/C16H17FN2O4S/c1-11-3-4-12(2)15(9-11)24(21,22)19-18-16(20)10-23-14-7-5-13(17)6-8-14/h3-9,19H,10H2,1-2H3,(H,18,20). The zero-order valence-electron chi connectivity index (χ0n) is 13.2. The third-order valence-electron chi connectivity index (χ3n) is 3.14. The van der Waals surface area contributed by atoms with Crippen molar-refractivity contribution in [3.63, 3.8) is 0 Å². The molecule has 0 saturated heterocycles. The summed E-state index contributed by atoms with van der Waals surface area (Å²) in [6.45, 7) is 3.02. The fraction of sp³-hybridized carbons (Fsp3) is 0.188. The van der Waals surface area contributed by atoms with Crippen molar-refractivity contribution in [2.45, 2.75) is 18.7 Å². The molecule has 0 saturated carbocycles. The monoisotopic (exact) mass is 352 g/mol. The molecule has 0 atom stereocenters. The van der Waals surface area contributed by atoms with E-state index in [0.29, 0.717) is 11.3 Å². The molecule has 0 aromatic heterocycles. The number of hydrazine groups is 1. The molecule has 1 amide bonds. The van der Waals surface area contributed by atoms with Crippen molar-refractivity contribution in [3.05, 3.63) is 59.4 Å². The fourth-order valence-corrected chi connectivity index (χ4v) is 3.08. The molecule has 2 aromatic rings. The second-order valence-electron chi connectivity index (χ2n) is 5.17. The first-order valence-corrected chi connectivity index (χ1v) is 8.52. The minimum atomic E-state index is -3.88. The highest BCUT2D eigenvalue weighted by atomic mass is 32.2. The normalized spacial score (nSPS) is 11.1. The van der Waals surface area contributed by atoms with Gasteiger partial charge in [-0.15, -0.1) is 4.83 Å². The van der Waals surface area contributed by atoms with Crippen molar-refractivity contribution >= 4 is 15.9 Å². The van der Waals surface area contributed by atoms with Gasteiger partial charge >= 0.3 is 0 Å². The van der Waals surface area contributed by atoms with E-state index in [1.807, 2.05) is 4.83 Å². The van der Waals surface area contributed by atoms with Gasteiger partial charge in [0.15, 0.2) is 6.61 Å². The number of sulfonamides is 1. The average Bonchev–Trinajstić information content (AvgIpc) is 2.54. The van der Waals surface area contributed by atoms with Gasteiger partial charge in [0.25, 0.3) is 15.9 Å². The Morgan fingerprint density at radius 3 is 2.46 bits per heavy atom. The van der Waals surface area contributed by atoms with Crippen LogP contribution in [0, 0.1) is 19.7 Å². The van der Waals surface area contributed by atoms with Crippen molar-refractivity contribution in [1.29, 1.82) is 0 Å². The van der Waals surface area contributed by atoms with Crippen LogP contribution >= 0.6 is 0 Å². The van der Waals surface area contributed by atoms with Crippen LogP contribution in [0.2, 0.25) is 0 Å². The molecule has 6 nitrogen and oxygen atoms in total. The van der Waals surface area contributed by atoms with Gasteiger partial charge in [0.2, 0.25) is 0 Å². The van der Waals surface area contributed by atoms with Crippen LogP contribution in [-0.4, -0.2) is 20.9 Å². The Morgan fingerprint density at radius 1 is 1.12 bits per heavy atom. The summed E-state index contributed by atoms with van der Waals surface area (Å²) in [5.74, 6) is -0.815. The largest absolute Gasteiger partial charge is 0.484 e. The Kier molecular flexibility index (Phi) is 5.53. The Balaban J connectivity index is 1.93. The lowest BCUT2D eigenvalue weighted by Gasteiger charge is -2.11. The Bertz CT molecular complexity index is 836. The highest BCUT2D eigenvalue weighted by molar-refractivity contribution is 7.89. The van der Waals surface area contributed by atoms with Gasteiger partial charge in [-0.05, 0) is 55.3 Å². The predicted octanol–water partition coefficient (Wildman–Crippen LogP) is 1.83. The van der Waals surface area contributed by atoms with Crippen molar-refractivity contribution in [1.82, 2.24) is 10.3 Å². The summed E-state index contributed by atoms with van der Waals surface area (Å²) in [6, 6.07) is 10.1. The van der Waals surface area contributed by atoms with Gasteiger partial charge in [0.05, 0.1) is 4.90 Å². The first-order valence-electron chi connectivity index (χ1n) is 7.04. The topological polar surface area (TPSA) is 84.5 Å². The molecule has 128 valence electrons. The number of nitrogens with one attached hydrogen (secondary N) is 2. The summed E-state index contributed by atoms with van der Waals surface area (Å²) in [4.78, 5) is 13.8. The number of ether oxygens (including phenoxy) is 1. The minimum Gasteiger partial charge on any atom is -0.484 e. The SMILES string of the molecule is Cc1ccc(C)c(S(=O)(=O)NNC(=O)COc2ccc(F)cc2)c1. The highest BCUT2D eigenvalue weighted by Gasteiger charge is 2.17. The molecule has 0 unspecified atom stereocenters. The first kappa shape index (κ1) is 17.9. The van der Waals surface area contributed by atoms with Crippen molar-refractivity contribution < 1.29 is 22.3 Å². The Morgan fingerprint density at radius 2 is 1.79 bits per heavy atom. The molecule has 2 N–H and O–H groups in total. The lowest BCUT2D eigenvalue weighted by atomic mass is 10.2. The summed E-state index contributed by atoms with van der Waals surface area (Å²) in [5.41, 5.74) is 3.42. The van der Waals surface area contributed by atoms with Gasteiger partial charge in [-0.3, -0.25) is 10.2 Å². The molecular formula is C16H17FN2O4S. The maximum atomic E-state index is 12.7. The third-order valence-corrected chi connectivity index (χ3v) is 4.53. The second kappa shape index (κ2) is 7.41. The summed E-state index contributed by atoms with van der Waals surface area (Å²) in [7, 11) is -3.88. The lowest BCUT2D eigenvalue weighted by Crippen LogP contribution is -2.43. The Labute approximate surface area is 139 Å². The summed E-state index contributed by atoms with van der Waals surface area (Å²) in [6.07, 6.45) is 0. The van der Waals surface area contributed by atoms with Crippen LogP contribution in [0.4, 0.5) is 4.39 Å². The van der Waals surface area contributed by atoms with E-state index in [1.165, 1.54) is 30.3 Å². The molecule has 2 aromatic carbocycles. The molecular weight excluding hydrogens is 335 g/mol. The van der Waals surface area contributed by atoms with Crippen LogP contribution in [-0.2, 0) is 14.8 Å². The number of aryl methyl sites for hydroxylation is 2. The highest BCUT2D eigenvalue weighted by Crippen LogP contribution is 2.16. The van der Waals surface area contributed by atoms with Crippen molar-refractivity contribution in [2.24, 2.45) is 0 Å². The zero-order valence-corrected chi connectivity index (χ0v) is 14.0.